The maximum absolute atomic E-state index is 12.3. The molecule has 2 rings (SSSR count). The first-order valence-corrected chi connectivity index (χ1v) is 6.76. The molecule has 2 N–H and O–H groups in total. The lowest BCUT2D eigenvalue weighted by molar-refractivity contribution is -0.141. The van der Waals surface area contributed by atoms with E-state index in [4.69, 9.17) is 5.11 Å². The lowest BCUT2D eigenvalue weighted by Crippen LogP contribution is -2.51. The summed E-state index contributed by atoms with van der Waals surface area (Å²) in [4.78, 5) is 26.5. The number of hydrogen-bond donors (Lipinski definition) is 2. The number of piperidine rings is 1. The number of aliphatic hydroxyl groups excluding tert-OH is 1. The van der Waals surface area contributed by atoms with Crippen molar-refractivity contribution in [2.24, 2.45) is 5.41 Å². The highest BCUT2D eigenvalue weighted by molar-refractivity contribution is 5.83. The number of amides is 2. The number of rotatable bonds is 1. The van der Waals surface area contributed by atoms with E-state index in [1.807, 2.05) is 0 Å². The van der Waals surface area contributed by atoms with Gasteiger partial charge in [0.15, 0.2) is 0 Å². The Labute approximate surface area is 113 Å². The highest BCUT2D eigenvalue weighted by Crippen LogP contribution is 2.31. The van der Waals surface area contributed by atoms with E-state index in [2.05, 4.69) is 13.8 Å². The van der Waals surface area contributed by atoms with Crippen molar-refractivity contribution in [2.75, 3.05) is 19.6 Å². The van der Waals surface area contributed by atoms with Gasteiger partial charge in [-0.3, -0.25) is 0 Å². The number of nitrogens with zero attached hydrogens (tertiary/aromatic N) is 2. The van der Waals surface area contributed by atoms with Gasteiger partial charge >= 0.3 is 12.0 Å². The fourth-order valence-corrected chi connectivity index (χ4v) is 2.74. The standard InChI is InChI=1S/C13H22N2O4/c1-13(2)3-5-14(6-4-13)12(19)15-8-9(16)7-10(15)11(17)18/h9-10,16H,3-8H2,1-2H3,(H,17,18)/t9?,10-/m0/s1. The molecule has 2 aliphatic rings. The summed E-state index contributed by atoms with van der Waals surface area (Å²) < 4.78 is 0. The molecule has 0 aromatic carbocycles. The van der Waals surface area contributed by atoms with Gasteiger partial charge < -0.3 is 20.0 Å². The lowest BCUT2D eigenvalue weighted by atomic mass is 9.83. The first-order chi connectivity index (χ1) is 8.80. The van der Waals surface area contributed by atoms with Crippen LogP contribution in [0.15, 0.2) is 0 Å². The second-order valence-electron chi connectivity index (χ2n) is 6.33. The Bertz CT molecular complexity index is 373. The summed E-state index contributed by atoms with van der Waals surface area (Å²) in [6.07, 6.45) is 1.24. The average molecular weight is 270 g/mol. The van der Waals surface area contributed by atoms with Crippen molar-refractivity contribution in [3.8, 4) is 0 Å². The van der Waals surface area contributed by atoms with Crippen molar-refractivity contribution in [1.82, 2.24) is 9.80 Å². The number of likely N-dealkylation sites (tertiary alicyclic amines) is 2. The summed E-state index contributed by atoms with van der Waals surface area (Å²) in [6.45, 7) is 5.79. The molecule has 2 fully saturated rings. The van der Waals surface area contributed by atoms with Gasteiger partial charge in [0.05, 0.1) is 6.10 Å². The highest BCUT2D eigenvalue weighted by atomic mass is 16.4. The topological polar surface area (TPSA) is 81.1 Å². The molecular formula is C13H22N2O4. The summed E-state index contributed by atoms with van der Waals surface area (Å²) in [5.74, 6) is -1.04. The highest BCUT2D eigenvalue weighted by Gasteiger charge is 2.41. The van der Waals surface area contributed by atoms with Gasteiger partial charge in [0.1, 0.15) is 6.04 Å². The number of β-amino-alcohol motifs (C(OH)–C–C–N with tert-alkyl or cyclic N) is 1. The molecule has 2 amide bonds. The van der Waals surface area contributed by atoms with Crippen LogP contribution in [0.4, 0.5) is 4.79 Å². The third kappa shape index (κ3) is 3.00. The summed E-state index contributed by atoms with van der Waals surface area (Å²) in [5, 5.41) is 18.7. The Morgan fingerprint density at radius 1 is 1.21 bits per heavy atom. The zero-order valence-corrected chi connectivity index (χ0v) is 11.5. The minimum Gasteiger partial charge on any atom is -0.480 e. The third-order valence-electron chi connectivity index (χ3n) is 4.20. The molecule has 0 aromatic heterocycles. The molecule has 2 atom stereocenters. The predicted octanol–water partition coefficient (Wildman–Crippen LogP) is 0.748. The first kappa shape index (κ1) is 14.1. The molecule has 0 bridgehead atoms. The van der Waals surface area contributed by atoms with Crippen molar-refractivity contribution >= 4 is 12.0 Å². The minimum atomic E-state index is -1.04. The smallest absolute Gasteiger partial charge is 0.326 e. The van der Waals surface area contributed by atoms with E-state index in [-0.39, 0.29) is 24.4 Å². The Morgan fingerprint density at radius 3 is 2.32 bits per heavy atom. The van der Waals surface area contributed by atoms with Crippen LogP contribution >= 0.6 is 0 Å². The van der Waals surface area contributed by atoms with Crippen LogP contribution in [0.2, 0.25) is 0 Å². The van der Waals surface area contributed by atoms with E-state index in [0.29, 0.717) is 13.1 Å². The molecule has 0 radical (unpaired) electrons. The largest absolute Gasteiger partial charge is 0.480 e. The molecule has 0 aliphatic carbocycles. The number of carboxylic acids is 1. The summed E-state index contributed by atoms with van der Waals surface area (Å²) in [6, 6.07) is -1.14. The van der Waals surface area contributed by atoms with Crippen LogP contribution in [0.25, 0.3) is 0 Å². The van der Waals surface area contributed by atoms with E-state index in [1.165, 1.54) is 4.90 Å². The number of urea groups is 1. The number of aliphatic carboxylic acids is 1. The molecule has 6 nitrogen and oxygen atoms in total. The summed E-state index contributed by atoms with van der Waals surface area (Å²) in [7, 11) is 0. The number of carboxylic acid groups (broad SMARTS) is 1. The number of hydrogen-bond acceptors (Lipinski definition) is 3. The van der Waals surface area contributed by atoms with Crippen LogP contribution in [-0.2, 0) is 4.79 Å². The van der Waals surface area contributed by atoms with E-state index in [9.17, 15) is 14.7 Å². The minimum absolute atomic E-state index is 0.121. The van der Waals surface area contributed by atoms with Gasteiger partial charge in [-0.2, -0.15) is 0 Å². The van der Waals surface area contributed by atoms with Crippen LogP contribution in [0.3, 0.4) is 0 Å². The van der Waals surface area contributed by atoms with Crippen LogP contribution in [0.1, 0.15) is 33.1 Å². The van der Waals surface area contributed by atoms with Crippen LogP contribution < -0.4 is 0 Å². The molecule has 19 heavy (non-hydrogen) atoms. The zero-order valence-electron chi connectivity index (χ0n) is 11.5. The Morgan fingerprint density at radius 2 is 1.79 bits per heavy atom. The molecule has 0 aromatic rings. The average Bonchev–Trinajstić information content (AvgIpc) is 2.70. The van der Waals surface area contributed by atoms with Gasteiger partial charge in [-0.1, -0.05) is 13.8 Å². The molecule has 2 aliphatic heterocycles. The molecule has 1 unspecified atom stereocenters. The van der Waals surface area contributed by atoms with Gasteiger partial charge in [-0.05, 0) is 18.3 Å². The van der Waals surface area contributed by atoms with E-state index in [0.717, 1.165) is 12.8 Å². The first-order valence-electron chi connectivity index (χ1n) is 6.76. The number of carbonyl (C=O) groups excluding carboxylic acids is 1. The van der Waals surface area contributed by atoms with Crippen molar-refractivity contribution in [3.05, 3.63) is 0 Å². The fourth-order valence-electron chi connectivity index (χ4n) is 2.74. The van der Waals surface area contributed by atoms with Gasteiger partial charge in [0, 0.05) is 26.1 Å². The monoisotopic (exact) mass is 270 g/mol. The maximum atomic E-state index is 12.3. The second kappa shape index (κ2) is 5.00. The molecule has 108 valence electrons. The fraction of sp³-hybridized carbons (Fsp3) is 0.846. The molecule has 0 saturated carbocycles. The Hall–Kier alpha value is -1.30. The van der Waals surface area contributed by atoms with Crippen molar-refractivity contribution < 1.29 is 19.8 Å². The Balaban J connectivity index is 2.01. The van der Waals surface area contributed by atoms with Crippen LogP contribution in [0.5, 0.6) is 0 Å². The zero-order chi connectivity index (χ0) is 14.2. The normalized spacial score (nSPS) is 30.5. The summed E-state index contributed by atoms with van der Waals surface area (Å²) >= 11 is 0. The van der Waals surface area contributed by atoms with Crippen LogP contribution in [-0.4, -0.2) is 63.8 Å². The third-order valence-corrected chi connectivity index (χ3v) is 4.20. The van der Waals surface area contributed by atoms with Gasteiger partial charge in [-0.25, -0.2) is 9.59 Å². The molecule has 0 spiro atoms. The number of carbonyl (C=O) groups is 2. The van der Waals surface area contributed by atoms with E-state index < -0.39 is 18.1 Å². The van der Waals surface area contributed by atoms with Gasteiger partial charge in [0.2, 0.25) is 0 Å². The van der Waals surface area contributed by atoms with Gasteiger partial charge in [-0.15, -0.1) is 0 Å². The van der Waals surface area contributed by atoms with Crippen LogP contribution in [0, 0.1) is 5.41 Å². The Kier molecular flexibility index (Phi) is 3.71. The van der Waals surface area contributed by atoms with E-state index >= 15 is 0 Å². The predicted molar refractivity (Wildman–Crippen MR) is 68.7 cm³/mol. The number of aliphatic hydroxyl groups is 1. The molecule has 6 heteroatoms. The molecule has 2 saturated heterocycles. The molecular weight excluding hydrogens is 248 g/mol. The molecule has 2 heterocycles. The van der Waals surface area contributed by atoms with Crippen molar-refractivity contribution in [3.63, 3.8) is 0 Å². The van der Waals surface area contributed by atoms with Gasteiger partial charge in [0.25, 0.3) is 0 Å². The quantitative estimate of drug-likeness (QED) is 0.736. The lowest BCUT2D eigenvalue weighted by Gasteiger charge is -2.39. The SMILES string of the molecule is CC1(C)CCN(C(=O)N2CC(O)C[C@H]2C(=O)O)CC1. The van der Waals surface area contributed by atoms with E-state index in [1.54, 1.807) is 4.90 Å². The summed E-state index contributed by atoms with van der Waals surface area (Å²) in [5.41, 5.74) is 0.244. The maximum Gasteiger partial charge on any atom is 0.326 e. The van der Waals surface area contributed by atoms with Crippen molar-refractivity contribution in [2.45, 2.75) is 45.3 Å². The second-order valence-corrected chi connectivity index (χ2v) is 6.33. The van der Waals surface area contributed by atoms with Crippen molar-refractivity contribution in [1.29, 1.82) is 0 Å².